The second-order valence-corrected chi connectivity index (χ2v) is 6.72. The normalized spacial score (nSPS) is 18.9. The third-order valence-corrected chi connectivity index (χ3v) is 3.58. The minimum absolute atomic E-state index is 0.0259. The van der Waals surface area contributed by atoms with Crippen LogP contribution in [0, 0.1) is 5.41 Å². The summed E-state index contributed by atoms with van der Waals surface area (Å²) in [5, 5.41) is 2.85. The first-order chi connectivity index (χ1) is 10.3. The molecule has 0 spiro atoms. The Labute approximate surface area is 131 Å². The van der Waals surface area contributed by atoms with Gasteiger partial charge in [-0.15, -0.1) is 0 Å². The zero-order chi connectivity index (χ0) is 16.3. The van der Waals surface area contributed by atoms with Gasteiger partial charge >= 0.3 is 0 Å². The Morgan fingerprint density at radius 2 is 2.05 bits per heavy atom. The highest BCUT2D eigenvalue weighted by molar-refractivity contribution is 5.98. The number of carbonyl (C=O) groups excluding carboxylic acids is 2. The Balaban J connectivity index is 2.11. The first kappa shape index (κ1) is 16.5. The van der Waals surface area contributed by atoms with Gasteiger partial charge in [0.15, 0.2) is 0 Å². The maximum Gasteiger partial charge on any atom is 0.254 e. The van der Waals surface area contributed by atoms with Gasteiger partial charge in [0.1, 0.15) is 0 Å². The fraction of sp³-hybridized carbons (Fsp3) is 0.529. The summed E-state index contributed by atoms with van der Waals surface area (Å²) in [5.41, 5.74) is 0.757. The quantitative estimate of drug-likeness (QED) is 0.913. The van der Waals surface area contributed by atoms with Gasteiger partial charge < -0.3 is 15.0 Å². The first-order valence-corrected chi connectivity index (χ1v) is 7.60. The van der Waals surface area contributed by atoms with Crippen LogP contribution in [0.2, 0.25) is 0 Å². The Kier molecular flexibility index (Phi) is 4.86. The van der Waals surface area contributed by atoms with E-state index in [-0.39, 0.29) is 17.9 Å². The molecule has 0 bridgehead atoms. The van der Waals surface area contributed by atoms with E-state index in [4.69, 9.17) is 4.74 Å². The molecule has 1 unspecified atom stereocenters. The van der Waals surface area contributed by atoms with Crippen LogP contribution in [0.25, 0.3) is 0 Å². The van der Waals surface area contributed by atoms with Crippen LogP contribution in [0.1, 0.15) is 38.1 Å². The van der Waals surface area contributed by atoms with Crippen LogP contribution in [0.5, 0.6) is 0 Å². The standard InChI is InChI=1S/C17H24N2O3/c1-12-11-19(8-9-22-12)15(20)13-6-5-7-14(10-13)18-16(21)17(2,3)4/h5-7,10,12H,8-9,11H2,1-4H3,(H,18,21). The molecule has 1 aromatic rings. The number of ether oxygens (including phenoxy) is 1. The molecule has 120 valence electrons. The molecule has 5 heteroatoms. The third-order valence-electron chi connectivity index (χ3n) is 3.58. The van der Waals surface area contributed by atoms with Gasteiger partial charge in [-0.2, -0.15) is 0 Å². The summed E-state index contributed by atoms with van der Waals surface area (Å²) in [6.07, 6.45) is 0.0569. The number of anilines is 1. The van der Waals surface area contributed by atoms with Crippen molar-refractivity contribution in [1.29, 1.82) is 0 Å². The molecule has 1 aliphatic heterocycles. The number of nitrogens with zero attached hydrogens (tertiary/aromatic N) is 1. The summed E-state index contributed by atoms with van der Waals surface area (Å²) in [7, 11) is 0. The molecule has 0 saturated carbocycles. The molecule has 0 aromatic heterocycles. The van der Waals surface area contributed by atoms with Crippen LogP contribution in [0.3, 0.4) is 0 Å². The van der Waals surface area contributed by atoms with Gasteiger partial charge in [0.2, 0.25) is 5.91 Å². The Morgan fingerprint density at radius 3 is 2.68 bits per heavy atom. The molecular formula is C17H24N2O3. The topological polar surface area (TPSA) is 58.6 Å². The fourth-order valence-electron chi connectivity index (χ4n) is 2.23. The van der Waals surface area contributed by atoms with Gasteiger partial charge in [-0.1, -0.05) is 26.8 Å². The van der Waals surface area contributed by atoms with Crippen molar-refractivity contribution < 1.29 is 14.3 Å². The number of morpholine rings is 1. The number of benzene rings is 1. The number of amides is 2. The van der Waals surface area contributed by atoms with Gasteiger partial charge in [0.05, 0.1) is 12.7 Å². The van der Waals surface area contributed by atoms with Gasteiger partial charge in [-0.3, -0.25) is 9.59 Å². The van der Waals surface area contributed by atoms with Crippen molar-refractivity contribution >= 4 is 17.5 Å². The van der Waals surface area contributed by atoms with E-state index in [9.17, 15) is 9.59 Å². The molecule has 1 saturated heterocycles. The summed E-state index contributed by atoms with van der Waals surface area (Å²) in [4.78, 5) is 26.4. The van der Waals surface area contributed by atoms with Crippen molar-refractivity contribution in [3.8, 4) is 0 Å². The molecular weight excluding hydrogens is 280 g/mol. The maximum absolute atomic E-state index is 12.5. The van der Waals surface area contributed by atoms with Gasteiger partial charge in [-0.25, -0.2) is 0 Å². The number of hydrogen-bond donors (Lipinski definition) is 1. The third kappa shape index (κ3) is 4.07. The van der Waals surface area contributed by atoms with Gasteiger partial charge in [0, 0.05) is 29.8 Å². The Bertz CT molecular complexity index is 563. The van der Waals surface area contributed by atoms with Crippen LogP contribution in [-0.2, 0) is 9.53 Å². The Morgan fingerprint density at radius 1 is 1.32 bits per heavy atom. The number of carbonyl (C=O) groups is 2. The van der Waals surface area contributed by atoms with E-state index >= 15 is 0 Å². The molecule has 1 aromatic carbocycles. The molecule has 1 fully saturated rings. The van der Waals surface area contributed by atoms with E-state index in [1.165, 1.54) is 0 Å². The summed E-state index contributed by atoms with van der Waals surface area (Å²) in [6, 6.07) is 7.08. The van der Waals surface area contributed by atoms with Crippen LogP contribution in [-0.4, -0.2) is 42.5 Å². The molecule has 0 radical (unpaired) electrons. The lowest BCUT2D eigenvalue weighted by Crippen LogP contribution is -2.44. The van der Waals surface area contributed by atoms with E-state index in [1.807, 2.05) is 27.7 Å². The lowest BCUT2D eigenvalue weighted by atomic mass is 9.95. The van der Waals surface area contributed by atoms with Crippen molar-refractivity contribution in [2.75, 3.05) is 25.0 Å². The monoisotopic (exact) mass is 304 g/mol. The average molecular weight is 304 g/mol. The zero-order valence-electron chi connectivity index (χ0n) is 13.7. The van der Waals surface area contributed by atoms with E-state index in [0.29, 0.717) is 30.9 Å². The van der Waals surface area contributed by atoms with E-state index < -0.39 is 5.41 Å². The van der Waals surface area contributed by atoms with Crippen molar-refractivity contribution in [2.24, 2.45) is 5.41 Å². The molecule has 0 aliphatic carbocycles. The first-order valence-electron chi connectivity index (χ1n) is 7.60. The molecule has 1 N–H and O–H groups in total. The van der Waals surface area contributed by atoms with Crippen molar-refractivity contribution in [3.05, 3.63) is 29.8 Å². The minimum Gasteiger partial charge on any atom is -0.375 e. The lowest BCUT2D eigenvalue weighted by Gasteiger charge is -2.31. The van der Waals surface area contributed by atoms with E-state index in [0.717, 1.165) is 0 Å². The second kappa shape index (κ2) is 6.48. The number of nitrogens with one attached hydrogen (secondary N) is 1. The van der Waals surface area contributed by atoms with Gasteiger partial charge in [-0.05, 0) is 25.1 Å². The van der Waals surface area contributed by atoms with Crippen LogP contribution in [0.4, 0.5) is 5.69 Å². The van der Waals surface area contributed by atoms with E-state index in [2.05, 4.69) is 5.32 Å². The maximum atomic E-state index is 12.5. The predicted octanol–water partition coefficient (Wildman–Crippen LogP) is 2.53. The molecule has 1 atom stereocenters. The molecule has 2 amide bonds. The average Bonchev–Trinajstić information content (AvgIpc) is 2.46. The van der Waals surface area contributed by atoms with Crippen LogP contribution in [0.15, 0.2) is 24.3 Å². The highest BCUT2D eigenvalue weighted by Gasteiger charge is 2.24. The molecule has 22 heavy (non-hydrogen) atoms. The molecule has 1 aliphatic rings. The highest BCUT2D eigenvalue weighted by atomic mass is 16.5. The summed E-state index contributed by atoms with van der Waals surface area (Å²) >= 11 is 0. The largest absolute Gasteiger partial charge is 0.375 e. The fourth-order valence-corrected chi connectivity index (χ4v) is 2.23. The lowest BCUT2D eigenvalue weighted by molar-refractivity contribution is -0.123. The molecule has 1 heterocycles. The van der Waals surface area contributed by atoms with Crippen molar-refractivity contribution in [3.63, 3.8) is 0 Å². The zero-order valence-corrected chi connectivity index (χ0v) is 13.7. The Hall–Kier alpha value is -1.88. The van der Waals surface area contributed by atoms with Crippen molar-refractivity contribution in [1.82, 2.24) is 4.90 Å². The van der Waals surface area contributed by atoms with Crippen molar-refractivity contribution in [2.45, 2.75) is 33.8 Å². The molecule has 5 nitrogen and oxygen atoms in total. The highest BCUT2D eigenvalue weighted by Crippen LogP contribution is 2.19. The number of rotatable bonds is 2. The predicted molar refractivity (Wildman–Crippen MR) is 85.8 cm³/mol. The summed E-state index contributed by atoms with van der Waals surface area (Å²) in [5.74, 6) is -0.0981. The summed E-state index contributed by atoms with van der Waals surface area (Å²) < 4.78 is 5.46. The van der Waals surface area contributed by atoms with Crippen LogP contribution >= 0.6 is 0 Å². The minimum atomic E-state index is -0.473. The van der Waals surface area contributed by atoms with Gasteiger partial charge in [0.25, 0.3) is 5.91 Å². The second-order valence-electron chi connectivity index (χ2n) is 6.72. The SMILES string of the molecule is CC1CN(C(=O)c2cccc(NC(=O)C(C)(C)C)c2)CCO1. The molecule has 2 rings (SSSR count). The smallest absolute Gasteiger partial charge is 0.254 e. The number of hydrogen-bond acceptors (Lipinski definition) is 3. The summed E-state index contributed by atoms with van der Waals surface area (Å²) in [6.45, 7) is 9.28. The van der Waals surface area contributed by atoms with E-state index in [1.54, 1.807) is 29.2 Å². The van der Waals surface area contributed by atoms with Crippen LogP contribution < -0.4 is 5.32 Å².